The number of ketones is 1. The maximum atomic E-state index is 13.4. The van der Waals surface area contributed by atoms with Crippen LogP contribution in [0, 0.1) is 20.8 Å². The fraction of sp³-hybridized carbons (Fsp3) is 0.222. The summed E-state index contributed by atoms with van der Waals surface area (Å²) in [6.07, 6.45) is 1.47. The van der Waals surface area contributed by atoms with Crippen molar-refractivity contribution in [1.82, 2.24) is 19.9 Å². The van der Waals surface area contributed by atoms with Gasteiger partial charge in [0.15, 0.2) is 10.8 Å². The zero-order valence-corrected chi connectivity index (χ0v) is 22.9. The van der Waals surface area contributed by atoms with E-state index in [2.05, 4.69) is 19.9 Å². The fourth-order valence-corrected chi connectivity index (χ4v) is 5.19. The topological polar surface area (TPSA) is 156 Å². The number of hydrogen-bond donors (Lipinski definition) is 1. The Labute approximate surface area is 226 Å². The van der Waals surface area contributed by atoms with Crippen LogP contribution >= 0.6 is 0 Å². The van der Waals surface area contributed by atoms with Gasteiger partial charge in [0.2, 0.25) is 21.6 Å². The second kappa shape index (κ2) is 11.0. The zero-order valence-electron chi connectivity index (χ0n) is 22.0. The van der Waals surface area contributed by atoms with E-state index in [4.69, 9.17) is 19.9 Å². The smallest absolute Gasteiger partial charge is 0.319 e. The van der Waals surface area contributed by atoms with Crippen LogP contribution in [0.4, 0.5) is 5.82 Å². The fourth-order valence-electron chi connectivity index (χ4n) is 4.01. The number of carbonyl (C=O) groups excluding carboxylic acids is 1. The van der Waals surface area contributed by atoms with Gasteiger partial charge in [0.05, 0.1) is 31.0 Å². The van der Waals surface area contributed by atoms with Crippen LogP contribution in [0.5, 0.6) is 23.5 Å². The molecule has 0 atom stereocenters. The number of nitrogens with zero attached hydrogens (tertiary/aromatic N) is 4. The first-order valence-corrected chi connectivity index (χ1v) is 13.4. The van der Waals surface area contributed by atoms with Crippen molar-refractivity contribution in [3.63, 3.8) is 0 Å². The number of nitrogen functional groups attached to an aromatic ring is 1. The number of methoxy groups -OCH3 is 2. The van der Waals surface area contributed by atoms with Gasteiger partial charge >= 0.3 is 6.01 Å². The number of rotatable bonds is 9. The number of sulfone groups is 1. The van der Waals surface area contributed by atoms with Crippen LogP contribution in [0.3, 0.4) is 0 Å². The Bertz CT molecular complexity index is 1650. The number of ether oxygens (including phenoxy) is 3. The van der Waals surface area contributed by atoms with E-state index in [-0.39, 0.29) is 34.2 Å². The highest BCUT2D eigenvalue weighted by Gasteiger charge is 2.26. The normalized spacial score (nSPS) is 11.2. The largest absolute Gasteiger partial charge is 0.480 e. The van der Waals surface area contributed by atoms with Gasteiger partial charge in [-0.05, 0) is 56.2 Å². The van der Waals surface area contributed by atoms with Crippen molar-refractivity contribution >= 4 is 21.4 Å². The Morgan fingerprint density at radius 2 is 1.64 bits per heavy atom. The molecule has 4 aromatic rings. The second-order valence-electron chi connectivity index (χ2n) is 8.74. The lowest BCUT2D eigenvalue weighted by Gasteiger charge is -2.16. The van der Waals surface area contributed by atoms with Gasteiger partial charge in [-0.3, -0.25) is 4.79 Å². The minimum atomic E-state index is -4.10. The Hall–Kier alpha value is -4.58. The van der Waals surface area contributed by atoms with E-state index in [1.54, 1.807) is 0 Å². The molecule has 2 N–H and O–H groups in total. The Morgan fingerprint density at radius 1 is 0.923 bits per heavy atom. The molecule has 1 aromatic carbocycles. The van der Waals surface area contributed by atoms with Crippen molar-refractivity contribution in [1.29, 1.82) is 0 Å². The van der Waals surface area contributed by atoms with Crippen molar-refractivity contribution in [2.24, 2.45) is 0 Å². The van der Waals surface area contributed by atoms with Crippen LogP contribution in [0.25, 0.3) is 11.3 Å². The predicted octanol–water partition coefficient (Wildman–Crippen LogP) is 3.91. The third-order valence-corrected chi connectivity index (χ3v) is 7.24. The number of benzene rings is 1. The van der Waals surface area contributed by atoms with Gasteiger partial charge in [-0.25, -0.2) is 23.4 Å². The third kappa shape index (κ3) is 5.96. The molecule has 0 fully saturated rings. The van der Waals surface area contributed by atoms with Crippen LogP contribution in [-0.4, -0.2) is 54.1 Å². The molecule has 3 aromatic heterocycles. The molecular formula is C27H27N5O6S. The number of hydrogen-bond acceptors (Lipinski definition) is 11. The molecule has 0 saturated carbocycles. The SMILES string of the molecule is COc1ncc(-c2ccc(C(=O)CS(=O)(=O)c3cccc(N)n3)c(Oc3c(C)cc(C)cc3C)n2)c(OC)n1. The van der Waals surface area contributed by atoms with Crippen LogP contribution in [0.15, 0.2) is 53.7 Å². The second-order valence-corrected chi connectivity index (χ2v) is 10.7. The van der Waals surface area contributed by atoms with Crippen molar-refractivity contribution in [3.8, 4) is 34.8 Å². The molecule has 0 aliphatic rings. The van der Waals surface area contributed by atoms with Crippen molar-refractivity contribution in [3.05, 3.63) is 70.9 Å². The summed E-state index contributed by atoms with van der Waals surface area (Å²) in [5.41, 5.74) is 9.04. The Morgan fingerprint density at radius 3 is 2.28 bits per heavy atom. The molecule has 202 valence electrons. The molecule has 39 heavy (non-hydrogen) atoms. The monoisotopic (exact) mass is 549 g/mol. The lowest BCUT2D eigenvalue weighted by molar-refractivity contribution is 0.101. The van der Waals surface area contributed by atoms with Gasteiger partial charge in [-0.15, -0.1) is 0 Å². The summed E-state index contributed by atoms with van der Waals surface area (Å²) in [5.74, 6) is -0.953. The van der Waals surface area contributed by atoms with E-state index >= 15 is 0 Å². The molecule has 4 rings (SSSR count). The highest BCUT2D eigenvalue weighted by Crippen LogP contribution is 2.35. The summed E-state index contributed by atoms with van der Waals surface area (Å²) in [5, 5.41) is -0.298. The minimum absolute atomic E-state index is 0.0274. The summed E-state index contributed by atoms with van der Waals surface area (Å²) in [4.78, 5) is 30.1. The van der Waals surface area contributed by atoms with Gasteiger partial charge < -0.3 is 19.9 Å². The molecular weight excluding hydrogens is 522 g/mol. The number of carbonyl (C=O) groups is 1. The summed E-state index contributed by atoms with van der Waals surface area (Å²) in [6.45, 7) is 5.71. The summed E-state index contributed by atoms with van der Waals surface area (Å²) in [6, 6.07) is 11.2. The number of pyridine rings is 2. The van der Waals surface area contributed by atoms with Gasteiger partial charge in [-0.1, -0.05) is 23.8 Å². The van der Waals surface area contributed by atoms with E-state index in [1.165, 1.54) is 50.7 Å². The maximum Gasteiger partial charge on any atom is 0.319 e. The van der Waals surface area contributed by atoms with Crippen LogP contribution < -0.4 is 19.9 Å². The molecule has 0 bridgehead atoms. The number of aromatic nitrogens is 4. The van der Waals surface area contributed by atoms with Crippen LogP contribution in [0.1, 0.15) is 27.0 Å². The number of nitrogens with two attached hydrogens (primary N) is 1. The molecule has 0 saturated heterocycles. The lowest BCUT2D eigenvalue weighted by Crippen LogP contribution is -2.19. The molecule has 0 radical (unpaired) electrons. The van der Waals surface area contributed by atoms with Crippen molar-refractivity contribution in [2.75, 3.05) is 25.7 Å². The minimum Gasteiger partial charge on any atom is -0.480 e. The standard InChI is InChI=1S/C27H27N5O6S/c1-15-11-16(2)24(17(3)12-15)38-26-18(21(33)14-39(34,35)23-8-6-7-22(28)31-23)9-10-20(30-26)19-13-29-27(37-5)32-25(19)36-4/h6-13H,14H2,1-5H3,(H2,28,31). The summed E-state index contributed by atoms with van der Waals surface area (Å²) < 4.78 is 42.6. The van der Waals surface area contributed by atoms with Crippen molar-refractivity contribution in [2.45, 2.75) is 25.8 Å². The first-order chi connectivity index (χ1) is 18.5. The Balaban J connectivity index is 1.81. The Kier molecular flexibility index (Phi) is 7.77. The zero-order chi connectivity index (χ0) is 28.3. The quantitative estimate of drug-likeness (QED) is 0.302. The van der Waals surface area contributed by atoms with Crippen LogP contribution in [0.2, 0.25) is 0 Å². The van der Waals surface area contributed by atoms with E-state index in [0.29, 0.717) is 17.0 Å². The number of Topliss-reactive ketones (excluding diaryl/α,β-unsaturated/α-hetero) is 1. The van der Waals surface area contributed by atoms with E-state index in [9.17, 15) is 13.2 Å². The van der Waals surface area contributed by atoms with Crippen molar-refractivity contribution < 1.29 is 27.4 Å². The van der Waals surface area contributed by atoms with Gasteiger partial charge in [0.1, 0.15) is 17.3 Å². The highest BCUT2D eigenvalue weighted by atomic mass is 32.2. The molecule has 11 nitrogen and oxygen atoms in total. The lowest BCUT2D eigenvalue weighted by atomic mass is 10.1. The molecule has 12 heteroatoms. The van der Waals surface area contributed by atoms with E-state index in [1.807, 2.05) is 32.9 Å². The molecule has 3 heterocycles. The average Bonchev–Trinajstić information content (AvgIpc) is 2.90. The molecule has 0 aliphatic heterocycles. The molecule has 0 aliphatic carbocycles. The van der Waals surface area contributed by atoms with E-state index in [0.717, 1.165) is 16.7 Å². The number of aryl methyl sites for hydroxylation is 3. The first kappa shape index (κ1) is 27.5. The molecule has 0 unspecified atom stereocenters. The summed E-state index contributed by atoms with van der Waals surface area (Å²) >= 11 is 0. The average molecular weight is 550 g/mol. The van der Waals surface area contributed by atoms with E-state index < -0.39 is 21.4 Å². The van der Waals surface area contributed by atoms with Crippen LogP contribution in [-0.2, 0) is 9.84 Å². The van der Waals surface area contributed by atoms with Gasteiger partial charge in [0.25, 0.3) is 0 Å². The molecule has 0 spiro atoms. The first-order valence-electron chi connectivity index (χ1n) is 11.7. The maximum absolute atomic E-state index is 13.4. The number of anilines is 1. The predicted molar refractivity (Wildman–Crippen MR) is 144 cm³/mol. The third-order valence-electron chi connectivity index (χ3n) is 5.73. The van der Waals surface area contributed by atoms with Gasteiger partial charge in [0, 0.05) is 6.20 Å². The highest BCUT2D eigenvalue weighted by molar-refractivity contribution is 7.92. The molecule has 0 amide bonds. The van der Waals surface area contributed by atoms with Gasteiger partial charge in [-0.2, -0.15) is 4.98 Å². The summed E-state index contributed by atoms with van der Waals surface area (Å²) in [7, 11) is -1.23.